The lowest BCUT2D eigenvalue weighted by atomic mass is 10.0. The molecule has 2 aliphatic heterocycles. The molecule has 0 aromatic carbocycles. The van der Waals surface area contributed by atoms with Gasteiger partial charge in [0, 0.05) is 38.4 Å². The van der Waals surface area contributed by atoms with Gasteiger partial charge in [0.05, 0.1) is 13.2 Å². The van der Waals surface area contributed by atoms with Gasteiger partial charge in [-0.2, -0.15) is 0 Å². The first kappa shape index (κ1) is 13.3. The van der Waals surface area contributed by atoms with Crippen LogP contribution in [0.25, 0.3) is 0 Å². The summed E-state index contributed by atoms with van der Waals surface area (Å²) in [6.45, 7) is 9.11. The third-order valence-electron chi connectivity index (χ3n) is 3.71. The molecule has 2 atom stereocenters. The van der Waals surface area contributed by atoms with Crippen molar-refractivity contribution in [1.29, 1.82) is 0 Å². The molecule has 17 heavy (non-hydrogen) atoms. The number of rotatable bonds is 4. The third-order valence-corrected chi connectivity index (χ3v) is 3.71. The molecule has 100 valence electrons. The summed E-state index contributed by atoms with van der Waals surface area (Å²) < 4.78 is 11.2. The van der Waals surface area contributed by atoms with E-state index in [0.29, 0.717) is 12.1 Å². The molecule has 2 heterocycles. The van der Waals surface area contributed by atoms with Gasteiger partial charge in [-0.3, -0.25) is 4.90 Å². The van der Waals surface area contributed by atoms with Gasteiger partial charge in [0.1, 0.15) is 0 Å². The van der Waals surface area contributed by atoms with Crippen LogP contribution in [0.5, 0.6) is 0 Å². The van der Waals surface area contributed by atoms with Crippen molar-refractivity contribution in [2.45, 2.75) is 38.3 Å². The van der Waals surface area contributed by atoms with E-state index in [-0.39, 0.29) is 0 Å². The summed E-state index contributed by atoms with van der Waals surface area (Å²) in [5.74, 6) is 0. The Bertz CT molecular complexity index is 206. The normalized spacial score (nSPS) is 32.3. The number of nitrogens with zero attached hydrogens (tertiary/aromatic N) is 1. The van der Waals surface area contributed by atoms with Crippen molar-refractivity contribution in [3.05, 3.63) is 0 Å². The minimum absolute atomic E-state index is 0.539. The highest BCUT2D eigenvalue weighted by molar-refractivity contribution is 4.87. The molecule has 2 unspecified atom stereocenters. The molecule has 2 saturated heterocycles. The number of hydrogen-bond donors (Lipinski definition) is 1. The predicted octanol–water partition coefficient (Wildman–Crippen LogP) is 0.866. The minimum Gasteiger partial charge on any atom is -0.380 e. The summed E-state index contributed by atoms with van der Waals surface area (Å²) in [5, 5.41) is 3.68. The zero-order chi connectivity index (χ0) is 11.9. The first-order valence-corrected chi connectivity index (χ1v) is 7.04. The van der Waals surface area contributed by atoms with Crippen LogP contribution in [-0.4, -0.2) is 63.0 Å². The van der Waals surface area contributed by atoms with E-state index < -0.39 is 0 Å². The second-order valence-corrected chi connectivity index (χ2v) is 4.99. The summed E-state index contributed by atoms with van der Waals surface area (Å²) in [4.78, 5) is 2.56. The third kappa shape index (κ3) is 3.91. The van der Waals surface area contributed by atoms with Gasteiger partial charge in [0.25, 0.3) is 0 Å². The molecule has 0 amide bonds. The molecule has 4 heteroatoms. The predicted molar refractivity (Wildman–Crippen MR) is 68.3 cm³/mol. The SMILES string of the molecule is CCCNC1CCOCC1N1CCCOCC1. The smallest absolute Gasteiger partial charge is 0.0637 e. The Morgan fingerprint density at radius 3 is 3.00 bits per heavy atom. The highest BCUT2D eigenvalue weighted by Gasteiger charge is 2.30. The quantitative estimate of drug-likeness (QED) is 0.793. The Morgan fingerprint density at radius 1 is 1.18 bits per heavy atom. The Morgan fingerprint density at radius 2 is 2.12 bits per heavy atom. The molecule has 0 aromatic heterocycles. The molecule has 0 aliphatic carbocycles. The van der Waals surface area contributed by atoms with Gasteiger partial charge in [-0.05, 0) is 25.8 Å². The fourth-order valence-corrected chi connectivity index (χ4v) is 2.75. The Labute approximate surface area is 105 Å². The Kier molecular flexibility index (Phi) is 5.71. The fourth-order valence-electron chi connectivity index (χ4n) is 2.75. The number of nitrogens with one attached hydrogen (secondary N) is 1. The topological polar surface area (TPSA) is 33.7 Å². The van der Waals surface area contributed by atoms with E-state index in [1.807, 2.05) is 0 Å². The maximum atomic E-state index is 5.66. The number of hydrogen-bond acceptors (Lipinski definition) is 4. The van der Waals surface area contributed by atoms with Gasteiger partial charge in [-0.15, -0.1) is 0 Å². The van der Waals surface area contributed by atoms with Crippen molar-refractivity contribution in [2.24, 2.45) is 0 Å². The van der Waals surface area contributed by atoms with Gasteiger partial charge >= 0.3 is 0 Å². The molecule has 2 aliphatic rings. The van der Waals surface area contributed by atoms with Gasteiger partial charge in [0.2, 0.25) is 0 Å². The van der Waals surface area contributed by atoms with Crippen molar-refractivity contribution < 1.29 is 9.47 Å². The van der Waals surface area contributed by atoms with E-state index in [4.69, 9.17) is 9.47 Å². The molecule has 0 radical (unpaired) electrons. The van der Waals surface area contributed by atoms with Gasteiger partial charge in [0.15, 0.2) is 0 Å². The summed E-state index contributed by atoms with van der Waals surface area (Å²) in [6, 6.07) is 1.14. The van der Waals surface area contributed by atoms with Crippen LogP contribution in [0.1, 0.15) is 26.2 Å². The lowest BCUT2D eigenvalue weighted by molar-refractivity contribution is -0.00369. The van der Waals surface area contributed by atoms with E-state index in [0.717, 1.165) is 58.9 Å². The van der Waals surface area contributed by atoms with E-state index >= 15 is 0 Å². The average molecular weight is 242 g/mol. The zero-order valence-electron chi connectivity index (χ0n) is 11.0. The number of ether oxygens (including phenoxy) is 2. The van der Waals surface area contributed by atoms with E-state index in [9.17, 15) is 0 Å². The summed E-state index contributed by atoms with van der Waals surface area (Å²) >= 11 is 0. The van der Waals surface area contributed by atoms with E-state index in [1.54, 1.807) is 0 Å². The van der Waals surface area contributed by atoms with Gasteiger partial charge in [-0.25, -0.2) is 0 Å². The highest BCUT2D eigenvalue weighted by atomic mass is 16.5. The zero-order valence-corrected chi connectivity index (χ0v) is 11.0. The average Bonchev–Trinajstić information content (AvgIpc) is 2.65. The minimum atomic E-state index is 0.539. The molecular formula is C13H26N2O2. The molecule has 0 bridgehead atoms. The highest BCUT2D eigenvalue weighted by Crippen LogP contribution is 2.16. The van der Waals surface area contributed by atoms with Gasteiger partial charge < -0.3 is 14.8 Å². The molecular weight excluding hydrogens is 216 g/mol. The summed E-state index contributed by atoms with van der Waals surface area (Å²) in [7, 11) is 0. The fraction of sp³-hybridized carbons (Fsp3) is 1.00. The van der Waals surface area contributed by atoms with Crippen LogP contribution >= 0.6 is 0 Å². The van der Waals surface area contributed by atoms with Crippen molar-refractivity contribution in [2.75, 3.05) is 46.1 Å². The van der Waals surface area contributed by atoms with Crippen molar-refractivity contribution in [3.8, 4) is 0 Å². The first-order chi connectivity index (χ1) is 8.42. The summed E-state index contributed by atoms with van der Waals surface area (Å²) in [5.41, 5.74) is 0. The molecule has 2 fully saturated rings. The Balaban J connectivity index is 1.89. The van der Waals surface area contributed by atoms with Crippen LogP contribution in [0.15, 0.2) is 0 Å². The summed E-state index contributed by atoms with van der Waals surface area (Å²) in [6.07, 6.45) is 3.49. The van der Waals surface area contributed by atoms with Crippen LogP contribution in [0, 0.1) is 0 Å². The maximum Gasteiger partial charge on any atom is 0.0637 e. The Hall–Kier alpha value is -0.160. The van der Waals surface area contributed by atoms with Crippen LogP contribution < -0.4 is 5.32 Å². The largest absolute Gasteiger partial charge is 0.380 e. The molecule has 1 N–H and O–H groups in total. The van der Waals surface area contributed by atoms with Gasteiger partial charge in [-0.1, -0.05) is 6.92 Å². The van der Waals surface area contributed by atoms with Crippen LogP contribution in [0.4, 0.5) is 0 Å². The van der Waals surface area contributed by atoms with Crippen molar-refractivity contribution >= 4 is 0 Å². The maximum absolute atomic E-state index is 5.66. The van der Waals surface area contributed by atoms with E-state index in [1.165, 1.54) is 6.42 Å². The molecule has 2 rings (SSSR count). The molecule has 0 spiro atoms. The standard InChI is InChI=1S/C13H26N2O2/c1-2-5-14-12-4-9-17-11-13(12)15-6-3-8-16-10-7-15/h12-14H,2-11H2,1H3. The van der Waals surface area contributed by atoms with Crippen LogP contribution in [0.3, 0.4) is 0 Å². The lowest BCUT2D eigenvalue weighted by Crippen LogP contribution is -2.56. The monoisotopic (exact) mass is 242 g/mol. The van der Waals surface area contributed by atoms with E-state index in [2.05, 4.69) is 17.1 Å². The van der Waals surface area contributed by atoms with Crippen molar-refractivity contribution in [1.82, 2.24) is 10.2 Å². The lowest BCUT2D eigenvalue weighted by Gasteiger charge is -2.39. The van der Waals surface area contributed by atoms with Crippen molar-refractivity contribution in [3.63, 3.8) is 0 Å². The molecule has 0 aromatic rings. The second kappa shape index (κ2) is 7.31. The second-order valence-electron chi connectivity index (χ2n) is 4.99. The van der Waals surface area contributed by atoms with Crippen LogP contribution in [0.2, 0.25) is 0 Å². The van der Waals surface area contributed by atoms with Crippen LogP contribution in [-0.2, 0) is 9.47 Å². The molecule has 4 nitrogen and oxygen atoms in total. The first-order valence-electron chi connectivity index (χ1n) is 7.04. The molecule has 0 saturated carbocycles.